The zero-order valence-corrected chi connectivity index (χ0v) is 15.9. The molecule has 1 saturated heterocycles. The molecule has 6 heteroatoms. The third-order valence-corrected chi connectivity index (χ3v) is 4.67. The summed E-state index contributed by atoms with van der Waals surface area (Å²) in [6, 6.07) is 7.06. The van der Waals surface area contributed by atoms with Crippen LogP contribution in [0.1, 0.15) is 52.4 Å². The number of unbranched alkanes of at least 4 members (excludes halogenated alkanes) is 2. The van der Waals surface area contributed by atoms with Gasteiger partial charge in [-0.15, -0.1) is 0 Å². The van der Waals surface area contributed by atoms with E-state index >= 15 is 0 Å². The molecule has 1 aliphatic rings. The van der Waals surface area contributed by atoms with Gasteiger partial charge in [-0.25, -0.2) is 4.79 Å². The average Bonchev–Trinajstić information content (AvgIpc) is 2.62. The Kier molecular flexibility index (Phi) is 8.41. The highest BCUT2D eigenvalue weighted by Gasteiger charge is 2.21. The van der Waals surface area contributed by atoms with Gasteiger partial charge in [0.25, 0.3) is 0 Å². The highest BCUT2D eigenvalue weighted by Crippen LogP contribution is 2.17. The van der Waals surface area contributed by atoms with Gasteiger partial charge in [-0.2, -0.15) is 0 Å². The van der Waals surface area contributed by atoms with E-state index < -0.39 is 6.03 Å². The second-order valence-electron chi connectivity index (χ2n) is 6.90. The zero-order valence-electron chi connectivity index (χ0n) is 15.9. The maximum absolute atomic E-state index is 12.0. The molecule has 1 fully saturated rings. The van der Waals surface area contributed by atoms with Crippen molar-refractivity contribution in [2.24, 2.45) is 0 Å². The quantitative estimate of drug-likeness (QED) is 0.691. The van der Waals surface area contributed by atoms with Crippen LogP contribution in [0.3, 0.4) is 0 Å². The Bertz CT molecular complexity index is 574. The number of hydrogen-bond acceptors (Lipinski definition) is 4. The molecular weight excluding hydrogens is 330 g/mol. The molecule has 1 unspecified atom stereocenters. The lowest BCUT2D eigenvalue weighted by molar-refractivity contribution is -0.121. The number of ether oxygens (including phenoxy) is 1. The van der Waals surface area contributed by atoms with E-state index in [0.29, 0.717) is 18.3 Å². The van der Waals surface area contributed by atoms with E-state index in [9.17, 15) is 9.59 Å². The molecule has 2 N–H and O–H groups in total. The minimum atomic E-state index is -0.503. The molecule has 1 aliphatic heterocycles. The zero-order chi connectivity index (χ0) is 18.8. The molecule has 0 spiro atoms. The van der Waals surface area contributed by atoms with Crippen molar-refractivity contribution in [1.82, 2.24) is 10.2 Å². The predicted octanol–water partition coefficient (Wildman–Crippen LogP) is 3.78. The molecule has 0 bridgehead atoms. The summed E-state index contributed by atoms with van der Waals surface area (Å²) in [5.74, 6) is 0.509. The number of amides is 3. The van der Waals surface area contributed by atoms with Crippen LogP contribution < -0.4 is 15.4 Å². The predicted molar refractivity (Wildman–Crippen MR) is 104 cm³/mol. The summed E-state index contributed by atoms with van der Waals surface area (Å²) < 4.78 is 5.64. The van der Waals surface area contributed by atoms with Crippen molar-refractivity contribution in [2.75, 3.05) is 25.0 Å². The van der Waals surface area contributed by atoms with Crippen LogP contribution in [0.25, 0.3) is 0 Å². The van der Waals surface area contributed by atoms with Crippen molar-refractivity contribution < 1.29 is 14.3 Å². The van der Waals surface area contributed by atoms with Crippen LogP contribution in [0.4, 0.5) is 10.5 Å². The number of nitrogens with one attached hydrogen (secondary N) is 2. The van der Waals surface area contributed by atoms with E-state index in [1.807, 2.05) is 12.1 Å². The summed E-state index contributed by atoms with van der Waals surface area (Å²) in [4.78, 5) is 26.2. The Labute approximate surface area is 156 Å². The number of anilines is 1. The fourth-order valence-corrected chi connectivity index (χ4v) is 3.08. The first-order chi connectivity index (χ1) is 12.6. The van der Waals surface area contributed by atoms with E-state index in [1.54, 1.807) is 12.1 Å². The van der Waals surface area contributed by atoms with Crippen LogP contribution in [0.5, 0.6) is 5.75 Å². The summed E-state index contributed by atoms with van der Waals surface area (Å²) in [6.45, 7) is 6.15. The fourth-order valence-electron chi connectivity index (χ4n) is 3.08. The molecule has 1 aromatic rings. The largest absolute Gasteiger partial charge is 0.494 e. The topological polar surface area (TPSA) is 70.7 Å². The van der Waals surface area contributed by atoms with E-state index in [1.165, 1.54) is 6.42 Å². The second-order valence-corrected chi connectivity index (χ2v) is 6.90. The molecule has 0 radical (unpaired) electrons. The van der Waals surface area contributed by atoms with Crippen molar-refractivity contribution in [3.05, 3.63) is 24.3 Å². The normalized spacial score (nSPS) is 17.5. The number of benzene rings is 1. The van der Waals surface area contributed by atoms with Crippen molar-refractivity contribution in [3.8, 4) is 5.75 Å². The summed E-state index contributed by atoms with van der Waals surface area (Å²) in [6.07, 6.45) is 6.78. The lowest BCUT2D eigenvalue weighted by Crippen LogP contribution is -2.46. The molecule has 0 aliphatic carbocycles. The summed E-state index contributed by atoms with van der Waals surface area (Å²) in [5, 5.41) is 5.08. The average molecular weight is 361 g/mol. The van der Waals surface area contributed by atoms with Gasteiger partial charge in [-0.05, 0) is 57.0 Å². The minimum absolute atomic E-state index is 0.263. The Morgan fingerprint density at radius 1 is 1.19 bits per heavy atom. The molecule has 6 nitrogen and oxygen atoms in total. The maximum atomic E-state index is 12.0. The molecule has 0 saturated carbocycles. The van der Waals surface area contributed by atoms with Crippen molar-refractivity contribution in [1.29, 1.82) is 0 Å². The number of carbonyl (C=O) groups is 2. The van der Waals surface area contributed by atoms with Crippen LogP contribution in [-0.2, 0) is 4.79 Å². The second kappa shape index (κ2) is 10.8. The molecular formula is C20H31N3O3. The van der Waals surface area contributed by atoms with Gasteiger partial charge in [-0.3, -0.25) is 15.0 Å². The molecule has 1 heterocycles. The van der Waals surface area contributed by atoms with Crippen molar-refractivity contribution in [2.45, 2.75) is 58.4 Å². The monoisotopic (exact) mass is 361 g/mol. The molecule has 1 aromatic carbocycles. The summed E-state index contributed by atoms with van der Waals surface area (Å²) in [7, 11) is 0. The first-order valence-corrected chi connectivity index (χ1v) is 9.66. The highest BCUT2D eigenvalue weighted by molar-refractivity contribution is 6.01. The highest BCUT2D eigenvalue weighted by atomic mass is 16.5. The Hall–Kier alpha value is -2.08. The minimum Gasteiger partial charge on any atom is -0.494 e. The molecule has 0 aromatic heterocycles. The first kappa shape index (κ1) is 20.2. The Morgan fingerprint density at radius 3 is 2.65 bits per heavy atom. The van der Waals surface area contributed by atoms with Gasteiger partial charge in [0.05, 0.1) is 13.2 Å². The van der Waals surface area contributed by atoms with Gasteiger partial charge in [0.1, 0.15) is 5.75 Å². The molecule has 26 heavy (non-hydrogen) atoms. The van der Waals surface area contributed by atoms with E-state index in [-0.39, 0.29) is 12.5 Å². The van der Waals surface area contributed by atoms with Crippen LogP contribution in [-0.4, -0.2) is 42.6 Å². The van der Waals surface area contributed by atoms with Gasteiger partial charge in [0.2, 0.25) is 5.91 Å². The maximum Gasteiger partial charge on any atom is 0.325 e. The van der Waals surface area contributed by atoms with Crippen LogP contribution >= 0.6 is 0 Å². The third kappa shape index (κ3) is 7.04. The lowest BCUT2D eigenvalue weighted by Gasteiger charge is -2.32. The third-order valence-electron chi connectivity index (χ3n) is 4.67. The molecule has 144 valence electrons. The lowest BCUT2D eigenvalue weighted by atomic mass is 10.0. The van der Waals surface area contributed by atoms with E-state index in [2.05, 4.69) is 29.4 Å². The van der Waals surface area contributed by atoms with Gasteiger partial charge in [0, 0.05) is 11.7 Å². The van der Waals surface area contributed by atoms with Crippen LogP contribution in [0.15, 0.2) is 24.3 Å². The van der Waals surface area contributed by atoms with E-state index in [4.69, 9.17) is 4.74 Å². The SMILES string of the molecule is CCCCCOc1ccc(NC(=O)NC(=O)CN2CCCCC2C)cc1. The van der Waals surface area contributed by atoms with Crippen molar-refractivity contribution >= 4 is 17.6 Å². The number of likely N-dealkylation sites (tertiary alicyclic amines) is 1. The van der Waals surface area contributed by atoms with Gasteiger partial charge in [-0.1, -0.05) is 26.2 Å². The van der Waals surface area contributed by atoms with Crippen LogP contribution in [0.2, 0.25) is 0 Å². The summed E-state index contributed by atoms with van der Waals surface area (Å²) >= 11 is 0. The standard InChI is InChI=1S/C20H31N3O3/c1-3-4-7-14-26-18-11-9-17(10-12-18)21-20(25)22-19(24)15-23-13-6-5-8-16(23)2/h9-12,16H,3-8,13-15H2,1-2H3,(H2,21,22,24,25). The molecule has 2 rings (SSSR count). The van der Waals surface area contributed by atoms with Crippen molar-refractivity contribution in [3.63, 3.8) is 0 Å². The van der Waals surface area contributed by atoms with Crippen LogP contribution in [0, 0.1) is 0 Å². The number of piperidine rings is 1. The smallest absolute Gasteiger partial charge is 0.325 e. The number of nitrogens with zero attached hydrogens (tertiary/aromatic N) is 1. The Balaban J connectivity index is 1.72. The fraction of sp³-hybridized carbons (Fsp3) is 0.600. The van der Waals surface area contributed by atoms with E-state index in [0.717, 1.165) is 44.4 Å². The van der Waals surface area contributed by atoms with Gasteiger partial charge < -0.3 is 10.1 Å². The number of imide groups is 1. The molecule has 1 atom stereocenters. The Morgan fingerprint density at radius 2 is 1.96 bits per heavy atom. The van der Waals surface area contributed by atoms with Gasteiger partial charge in [0.15, 0.2) is 0 Å². The first-order valence-electron chi connectivity index (χ1n) is 9.66. The summed E-state index contributed by atoms with van der Waals surface area (Å²) in [5.41, 5.74) is 0.627. The van der Waals surface area contributed by atoms with Gasteiger partial charge >= 0.3 is 6.03 Å². The number of carbonyl (C=O) groups excluding carboxylic acids is 2. The number of rotatable bonds is 8. The number of urea groups is 1. The number of hydrogen-bond donors (Lipinski definition) is 2. The molecule has 3 amide bonds.